The van der Waals surface area contributed by atoms with Crippen LogP contribution in [-0.2, 0) is 4.79 Å². The molecule has 1 N–H and O–H groups in total. The van der Waals surface area contributed by atoms with Crippen molar-refractivity contribution in [1.29, 1.82) is 0 Å². The van der Waals surface area contributed by atoms with Crippen LogP contribution in [0.3, 0.4) is 0 Å². The molecule has 1 heterocycles. The highest BCUT2D eigenvalue weighted by Crippen LogP contribution is 2.21. The van der Waals surface area contributed by atoms with Gasteiger partial charge in [0.1, 0.15) is 0 Å². The first-order valence-electron chi connectivity index (χ1n) is 8.60. The maximum absolute atomic E-state index is 12.2. The van der Waals surface area contributed by atoms with E-state index in [1.165, 1.54) is 5.56 Å². The Kier molecular flexibility index (Phi) is 6.15. The highest BCUT2D eigenvalue weighted by Gasteiger charge is 2.17. The first kappa shape index (κ1) is 18.2. The number of amides is 1. The van der Waals surface area contributed by atoms with E-state index < -0.39 is 0 Å². The lowest BCUT2D eigenvalue weighted by atomic mass is 10.1. The van der Waals surface area contributed by atoms with Gasteiger partial charge in [0.15, 0.2) is 0 Å². The van der Waals surface area contributed by atoms with E-state index in [-0.39, 0.29) is 11.9 Å². The third-order valence-electron chi connectivity index (χ3n) is 4.50. The molecule has 1 aromatic carbocycles. The van der Waals surface area contributed by atoms with E-state index in [1.54, 1.807) is 0 Å². The molecule has 0 fully saturated rings. The molecule has 1 amide bonds. The Hall–Kier alpha value is -2.14. The normalized spacial score (nSPS) is 12.4. The predicted octanol–water partition coefficient (Wildman–Crippen LogP) is 3.01. The molecule has 130 valence electrons. The third kappa shape index (κ3) is 4.03. The smallest absolute Gasteiger partial charge is 0.234 e. The predicted molar refractivity (Wildman–Crippen MR) is 97.4 cm³/mol. The van der Waals surface area contributed by atoms with Crippen LogP contribution in [0.2, 0.25) is 0 Å². The molecule has 2 rings (SSSR count). The molecule has 5 nitrogen and oxygen atoms in total. The van der Waals surface area contributed by atoms with Crippen LogP contribution in [0, 0.1) is 13.8 Å². The summed E-state index contributed by atoms with van der Waals surface area (Å²) in [7, 11) is 0. The second kappa shape index (κ2) is 8.11. The van der Waals surface area contributed by atoms with E-state index in [1.807, 2.05) is 36.9 Å². The summed E-state index contributed by atoms with van der Waals surface area (Å²) in [4.78, 5) is 14.3. The lowest BCUT2D eigenvalue weighted by Crippen LogP contribution is -2.38. The molecule has 0 bridgehead atoms. The first-order valence-corrected chi connectivity index (χ1v) is 8.60. The fraction of sp³-hybridized carbons (Fsp3) is 0.474. The molecule has 0 saturated carbocycles. The zero-order valence-electron chi connectivity index (χ0n) is 15.3. The zero-order chi connectivity index (χ0) is 17.7. The molecule has 0 unspecified atom stereocenters. The van der Waals surface area contributed by atoms with Gasteiger partial charge < -0.3 is 5.32 Å². The monoisotopic (exact) mass is 328 g/mol. The Morgan fingerprint density at radius 1 is 1.25 bits per heavy atom. The van der Waals surface area contributed by atoms with Gasteiger partial charge in [-0.25, -0.2) is 4.68 Å². The van der Waals surface area contributed by atoms with Crippen LogP contribution in [0.15, 0.2) is 30.5 Å². The van der Waals surface area contributed by atoms with Crippen LogP contribution in [0.5, 0.6) is 0 Å². The second-order valence-corrected chi connectivity index (χ2v) is 6.13. The number of hydrogen-bond donors (Lipinski definition) is 1. The molecule has 0 aliphatic carbocycles. The number of aryl methyl sites for hydroxylation is 1. The zero-order valence-corrected chi connectivity index (χ0v) is 15.3. The molecule has 0 radical (unpaired) electrons. The minimum absolute atomic E-state index is 0.0502. The van der Waals surface area contributed by atoms with Gasteiger partial charge in [0.25, 0.3) is 0 Å². The maximum Gasteiger partial charge on any atom is 0.234 e. The summed E-state index contributed by atoms with van der Waals surface area (Å²) in [5, 5.41) is 7.60. The molecule has 1 atom stereocenters. The molecular weight excluding hydrogens is 300 g/mol. The minimum atomic E-state index is -0.0640. The fourth-order valence-corrected chi connectivity index (χ4v) is 2.91. The number of benzene rings is 1. The van der Waals surface area contributed by atoms with Crippen LogP contribution >= 0.6 is 0 Å². The lowest BCUT2D eigenvalue weighted by Gasteiger charge is -2.20. The van der Waals surface area contributed by atoms with Crippen molar-refractivity contribution in [2.75, 3.05) is 19.6 Å². The van der Waals surface area contributed by atoms with Crippen molar-refractivity contribution < 1.29 is 4.79 Å². The van der Waals surface area contributed by atoms with Gasteiger partial charge >= 0.3 is 0 Å². The van der Waals surface area contributed by atoms with Gasteiger partial charge in [-0.2, -0.15) is 5.10 Å². The third-order valence-corrected chi connectivity index (χ3v) is 4.50. The number of rotatable bonds is 7. The van der Waals surface area contributed by atoms with Gasteiger partial charge in [0.2, 0.25) is 5.91 Å². The Balaban J connectivity index is 2.13. The summed E-state index contributed by atoms with van der Waals surface area (Å²) in [6, 6.07) is 8.10. The van der Waals surface area contributed by atoms with E-state index in [9.17, 15) is 4.79 Å². The average molecular weight is 328 g/mol. The number of nitrogens with one attached hydrogen (secondary N) is 1. The van der Waals surface area contributed by atoms with Crippen LogP contribution in [0.1, 0.15) is 43.6 Å². The first-order chi connectivity index (χ1) is 11.5. The van der Waals surface area contributed by atoms with Crippen molar-refractivity contribution in [2.45, 2.75) is 40.7 Å². The van der Waals surface area contributed by atoms with Crippen molar-refractivity contribution in [2.24, 2.45) is 0 Å². The minimum Gasteiger partial charge on any atom is -0.348 e. The van der Waals surface area contributed by atoms with Crippen LogP contribution in [0.4, 0.5) is 0 Å². The summed E-state index contributed by atoms with van der Waals surface area (Å²) in [6.45, 7) is 12.4. The Morgan fingerprint density at radius 2 is 1.92 bits per heavy atom. The van der Waals surface area contributed by atoms with Crippen LogP contribution in [-0.4, -0.2) is 40.2 Å². The van der Waals surface area contributed by atoms with E-state index in [4.69, 9.17) is 0 Å². The molecule has 0 spiro atoms. The largest absolute Gasteiger partial charge is 0.348 e. The fourth-order valence-electron chi connectivity index (χ4n) is 2.91. The summed E-state index contributed by atoms with van der Waals surface area (Å²) < 4.78 is 1.94. The van der Waals surface area contributed by atoms with E-state index in [0.29, 0.717) is 6.54 Å². The quantitative estimate of drug-likeness (QED) is 0.850. The average Bonchev–Trinajstić information content (AvgIpc) is 2.94. The standard InChI is InChI=1S/C19H28N4O/c1-6-22(7-2)13-19(24)21-15(4)17-12-20-23(16(17)5)18-11-9-8-10-14(18)3/h8-12,15H,6-7,13H2,1-5H3,(H,21,24)/t15-/m1/s1. The summed E-state index contributed by atoms with van der Waals surface area (Å²) in [5.41, 5.74) is 4.35. The molecule has 0 aliphatic rings. The summed E-state index contributed by atoms with van der Waals surface area (Å²) in [6.07, 6.45) is 1.85. The number of hydrogen-bond acceptors (Lipinski definition) is 3. The number of aromatic nitrogens is 2. The maximum atomic E-state index is 12.2. The van der Waals surface area contributed by atoms with Gasteiger partial charge in [-0.05, 0) is 45.5 Å². The van der Waals surface area contributed by atoms with Crippen molar-refractivity contribution in [3.8, 4) is 5.69 Å². The molecule has 0 aliphatic heterocycles. The second-order valence-electron chi connectivity index (χ2n) is 6.13. The summed E-state index contributed by atoms with van der Waals surface area (Å²) >= 11 is 0. The van der Waals surface area contributed by atoms with Crippen molar-refractivity contribution in [3.63, 3.8) is 0 Å². The number of likely N-dealkylation sites (N-methyl/N-ethyl adjacent to an activating group) is 1. The molecule has 1 aromatic heterocycles. The van der Waals surface area contributed by atoms with E-state index >= 15 is 0 Å². The van der Waals surface area contributed by atoms with Crippen molar-refractivity contribution in [3.05, 3.63) is 47.3 Å². The van der Waals surface area contributed by atoms with Gasteiger partial charge in [0.05, 0.1) is 24.5 Å². The highest BCUT2D eigenvalue weighted by atomic mass is 16.2. The SMILES string of the molecule is CCN(CC)CC(=O)N[C@H](C)c1cnn(-c2ccccc2C)c1C. The van der Waals surface area contributed by atoms with Gasteiger partial charge in [-0.1, -0.05) is 32.0 Å². The van der Waals surface area contributed by atoms with Crippen molar-refractivity contribution >= 4 is 5.91 Å². The summed E-state index contributed by atoms with van der Waals surface area (Å²) in [5.74, 6) is 0.0502. The Morgan fingerprint density at radius 3 is 2.54 bits per heavy atom. The molecule has 24 heavy (non-hydrogen) atoms. The number of para-hydroxylation sites is 1. The molecular formula is C19H28N4O. The van der Waals surface area contributed by atoms with Crippen molar-refractivity contribution in [1.82, 2.24) is 20.0 Å². The van der Waals surface area contributed by atoms with E-state index in [0.717, 1.165) is 30.0 Å². The Bertz CT molecular complexity index is 688. The molecule has 2 aromatic rings. The molecule has 5 heteroatoms. The van der Waals surface area contributed by atoms with Gasteiger partial charge in [-0.15, -0.1) is 0 Å². The topological polar surface area (TPSA) is 50.2 Å². The van der Waals surface area contributed by atoms with Gasteiger partial charge in [-0.3, -0.25) is 9.69 Å². The van der Waals surface area contributed by atoms with Crippen LogP contribution < -0.4 is 5.32 Å². The number of carbonyl (C=O) groups is 1. The lowest BCUT2D eigenvalue weighted by molar-refractivity contribution is -0.122. The highest BCUT2D eigenvalue weighted by molar-refractivity contribution is 5.78. The molecule has 0 saturated heterocycles. The van der Waals surface area contributed by atoms with E-state index in [2.05, 4.69) is 48.2 Å². The Labute approximate surface area is 144 Å². The van der Waals surface area contributed by atoms with Gasteiger partial charge in [0, 0.05) is 11.3 Å². The number of nitrogens with zero attached hydrogens (tertiary/aromatic N) is 3. The van der Waals surface area contributed by atoms with Crippen LogP contribution in [0.25, 0.3) is 5.69 Å². The number of carbonyl (C=O) groups excluding carboxylic acids is 1.